The molecule has 0 bridgehead atoms. The SMILES string of the molecule is Cc1ccc(C(=O)NCC(=O)OCc2c(F)c(F)c(F)c(F)c2F)cc1C. The number of hydrogen-bond acceptors (Lipinski definition) is 3. The number of halogens is 5. The van der Waals surface area contributed by atoms with E-state index in [0.29, 0.717) is 0 Å². The highest BCUT2D eigenvalue weighted by Crippen LogP contribution is 2.23. The molecule has 0 heterocycles. The van der Waals surface area contributed by atoms with E-state index in [1.54, 1.807) is 19.1 Å². The fraction of sp³-hybridized carbons (Fsp3) is 0.222. The number of carbonyl (C=O) groups excluding carboxylic acids is 2. The number of hydrogen-bond donors (Lipinski definition) is 1. The average molecular weight is 387 g/mol. The Bertz CT molecular complexity index is 885. The predicted octanol–water partition coefficient (Wildman–Crippen LogP) is 3.47. The Morgan fingerprint density at radius 3 is 2.00 bits per heavy atom. The number of rotatable bonds is 5. The zero-order valence-electron chi connectivity index (χ0n) is 14.3. The highest BCUT2D eigenvalue weighted by atomic mass is 19.2. The summed E-state index contributed by atoms with van der Waals surface area (Å²) in [6.45, 7) is 1.82. The Kier molecular flexibility index (Phi) is 6.14. The second-order valence-electron chi connectivity index (χ2n) is 5.69. The molecule has 0 fully saturated rings. The first-order valence-corrected chi connectivity index (χ1v) is 7.64. The summed E-state index contributed by atoms with van der Waals surface area (Å²) in [5.74, 6) is -12.5. The van der Waals surface area contributed by atoms with Crippen molar-refractivity contribution in [3.8, 4) is 0 Å². The molecule has 1 amide bonds. The maximum Gasteiger partial charge on any atom is 0.325 e. The van der Waals surface area contributed by atoms with Crippen LogP contribution in [-0.2, 0) is 16.1 Å². The number of aryl methyl sites for hydroxylation is 2. The van der Waals surface area contributed by atoms with Crippen molar-refractivity contribution in [3.05, 3.63) is 69.5 Å². The number of carbonyl (C=O) groups is 2. The van der Waals surface area contributed by atoms with Crippen LogP contribution in [0.25, 0.3) is 0 Å². The van der Waals surface area contributed by atoms with Crippen LogP contribution >= 0.6 is 0 Å². The smallest absolute Gasteiger partial charge is 0.325 e. The van der Waals surface area contributed by atoms with Crippen LogP contribution in [0.4, 0.5) is 22.0 Å². The van der Waals surface area contributed by atoms with E-state index in [0.717, 1.165) is 11.1 Å². The Labute approximate surface area is 150 Å². The van der Waals surface area contributed by atoms with Crippen LogP contribution in [0.1, 0.15) is 27.0 Å². The normalized spacial score (nSPS) is 10.6. The minimum Gasteiger partial charge on any atom is -0.459 e. The molecule has 144 valence electrons. The summed E-state index contributed by atoms with van der Waals surface area (Å²) in [5, 5.41) is 2.23. The van der Waals surface area contributed by atoms with Gasteiger partial charge in [0.25, 0.3) is 5.91 Å². The van der Waals surface area contributed by atoms with Crippen LogP contribution in [0.15, 0.2) is 18.2 Å². The molecule has 2 aromatic rings. The molecule has 0 aliphatic heterocycles. The number of esters is 1. The monoisotopic (exact) mass is 387 g/mol. The van der Waals surface area contributed by atoms with Gasteiger partial charge >= 0.3 is 5.97 Å². The molecule has 0 aliphatic rings. The van der Waals surface area contributed by atoms with Gasteiger partial charge in [0, 0.05) is 5.56 Å². The van der Waals surface area contributed by atoms with Crippen molar-refractivity contribution in [2.75, 3.05) is 6.54 Å². The maximum atomic E-state index is 13.5. The van der Waals surface area contributed by atoms with Gasteiger partial charge in [-0.25, -0.2) is 22.0 Å². The molecule has 0 atom stereocenters. The van der Waals surface area contributed by atoms with Crippen molar-refractivity contribution in [2.45, 2.75) is 20.5 Å². The van der Waals surface area contributed by atoms with Gasteiger partial charge in [0.2, 0.25) is 5.82 Å². The molecule has 9 heteroatoms. The van der Waals surface area contributed by atoms with E-state index >= 15 is 0 Å². The Hall–Kier alpha value is -2.97. The van der Waals surface area contributed by atoms with Gasteiger partial charge in [-0.1, -0.05) is 6.07 Å². The third kappa shape index (κ3) is 4.42. The standard InChI is InChI=1S/C18H14F5NO3/c1-8-3-4-10(5-9(8)2)18(26)24-6-12(25)27-7-11-13(19)15(21)17(23)16(22)14(11)20/h3-5H,6-7H2,1-2H3,(H,24,26). The zero-order chi connectivity index (χ0) is 20.3. The molecule has 0 saturated carbocycles. The summed E-state index contributed by atoms with van der Waals surface area (Å²) in [6.07, 6.45) is 0. The molecule has 0 radical (unpaired) electrons. The Morgan fingerprint density at radius 1 is 0.889 bits per heavy atom. The van der Waals surface area contributed by atoms with Crippen molar-refractivity contribution in [2.24, 2.45) is 0 Å². The van der Waals surface area contributed by atoms with Crippen LogP contribution < -0.4 is 5.32 Å². The molecule has 2 aromatic carbocycles. The van der Waals surface area contributed by atoms with Crippen molar-refractivity contribution in [1.29, 1.82) is 0 Å². The molecular formula is C18H14F5NO3. The third-order valence-corrected chi connectivity index (χ3v) is 3.84. The van der Waals surface area contributed by atoms with Crippen LogP contribution in [-0.4, -0.2) is 18.4 Å². The molecule has 0 saturated heterocycles. The second kappa shape index (κ2) is 8.15. The second-order valence-corrected chi connectivity index (χ2v) is 5.69. The minimum absolute atomic E-state index is 0.283. The van der Waals surface area contributed by atoms with Gasteiger partial charge in [0.05, 0.1) is 5.56 Å². The van der Waals surface area contributed by atoms with E-state index in [1.807, 2.05) is 6.92 Å². The first kappa shape index (κ1) is 20.3. The lowest BCUT2D eigenvalue weighted by Gasteiger charge is -2.10. The first-order chi connectivity index (χ1) is 12.6. The van der Waals surface area contributed by atoms with E-state index in [2.05, 4.69) is 10.1 Å². The predicted molar refractivity (Wildman–Crippen MR) is 84.3 cm³/mol. The van der Waals surface area contributed by atoms with Gasteiger partial charge in [-0.2, -0.15) is 0 Å². The molecule has 4 nitrogen and oxygen atoms in total. The highest BCUT2D eigenvalue weighted by molar-refractivity contribution is 5.96. The average Bonchev–Trinajstić information content (AvgIpc) is 2.65. The number of nitrogens with one attached hydrogen (secondary N) is 1. The van der Waals surface area contributed by atoms with Crippen molar-refractivity contribution >= 4 is 11.9 Å². The highest BCUT2D eigenvalue weighted by Gasteiger charge is 2.26. The lowest BCUT2D eigenvalue weighted by Crippen LogP contribution is -2.30. The quantitative estimate of drug-likeness (QED) is 0.370. The zero-order valence-corrected chi connectivity index (χ0v) is 14.3. The van der Waals surface area contributed by atoms with Crippen LogP contribution in [0.5, 0.6) is 0 Å². The van der Waals surface area contributed by atoms with Gasteiger partial charge in [-0.05, 0) is 37.1 Å². The largest absolute Gasteiger partial charge is 0.459 e. The summed E-state index contributed by atoms with van der Waals surface area (Å²) in [5.41, 5.74) is 0.830. The van der Waals surface area contributed by atoms with Crippen molar-refractivity contribution in [3.63, 3.8) is 0 Å². The summed E-state index contributed by atoms with van der Waals surface area (Å²) < 4.78 is 70.5. The summed E-state index contributed by atoms with van der Waals surface area (Å²) in [6, 6.07) is 4.86. The summed E-state index contributed by atoms with van der Waals surface area (Å²) >= 11 is 0. The molecule has 0 spiro atoms. The molecule has 1 N–H and O–H groups in total. The van der Waals surface area contributed by atoms with E-state index in [9.17, 15) is 31.5 Å². The fourth-order valence-corrected chi connectivity index (χ4v) is 2.12. The van der Waals surface area contributed by atoms with Crippen molar-refractivity contribution < 1.29 is 36.3 Å². The van der Waals surface area contributed by atoms with Gasteiger partial charge in [-0.15, -0.1) is 0 Å². The molecule has 2 rings (SSSR count). The van der Waals surface area contributed by atoms with Gasteiger partial charge in [0.1, 0.15) is 13.2 Å². The summed E-state index contributed by atoms with van der Waals surface area (Å²) in [7, 11) is 0. The minimum atomic E-state index is -2.30. The van der Waals surface area contributed by atoms with Gasteiger partial charge < -0.3 is 10.1 Å². The number of amides is 1. The van der Waals surface area contributed by atoms with E-state index in [4.69, 9.17) is 0 Å². The molecule has 27 heavy (non-hydrogen) atoms. The molecule has 0 aromatic heterocycles. The fourth-order valence-electron chi connectivity index (χ4n) is 2.12. The van der Waals surface area contributed by atoms with E-state index in [1.165, 1.54) is 6.07 Å². The Balaban J connectivity index is 1.97. The van der Waals surface area contributed by atoms with Crippen LogP contribution in [0.3, 0.4) is 0 Å². The third-order valence-electron chi connectivity index (χ3n) is 3.84. The van der Waals surface area contributed by atoms with E-state index < -0.39 is 59.7 Å². The first-order valence-electron chi connectivity index (χ1n) is 7.64. The number of ether oxygens (including phenoxy) is 1. The lowest BCUT2D eigenvalue weighted by molar-refractivity contribution is -0.143. The molecule has 0 aliphatic carbocycles. The van der Waals surface area contributed by atoms with Gasteiger partial charge in [0.15, 0.2) is 23.3 Å². The van der Waals surface area contributed by atoms with E-state index in [-0.39, 0.29) is 5.56 Å². The van der Waals surface area contributed by atoms with Crippen molar-refractivity contribution in [1.82, 2.24) is 5.32 Å². The Morgan fingerprint density at radius 2 is 1.44 bits per heavy atom. The lowest BCUT2D eigenvalue weighted by atomic mass is 10.1. The topological polar surface area (TPSA) is 55.4 Å². The summed E-state index contributed by atoms with van der Waals surface area (Å²) in [4.78, 5) is 23.5. The van der Waals surface area contributed by atoms with Crippen LogP contribution in [0, 0.1) is 42.9 Å². The molecular weight excluding hydrogens is 373 g/mol. The maximum absolute atomic E-state index is 13.5. The van der Waals surface area contributed by atoms with Gasteiger partial charge in [-0.3, -0.25) is 9.59 Å². The van der Waals surface area contributed by atoms with Crippen LogP contribution in [0.2, 0.25) is 0 Å². The molecule has 0 unspecified atom stereocenters. The number of benzene rings is 2.